The zero-order valence-corrected chi connectivity index (χ0v) is 15.2. The molecule has 0 radical (unpaired) electrons. The fourth-order valence-corrected chi connectivity index (χ4v) is 2.00. The molecule has 12 nitrogen and oxygen atoms in total. The molecule has 3 atom stereocenters. The van der Waals surface area contributed by atoms with Crippen LogP contribution in [0.5, 0.6) is 0 Å². The number of aliphatic carboxylic acids is 1. The number of unbranched alkanes of at least 4 members (excludes halogenated alkanes) is 1. The van der Waals surface area contributed by atoms with Crippen LogP contribution in [-0.2, 0) is 24.0 Å². The molecule has 0 aliphatic carbocycles. The Morgan fingerprint density at radius 3 is 2.11 bits per heavy atom. The summed E-state index contributed by atoms with van der Waals surface area (Å²) in [4.78, 5) is 57.7. The van der Waals surface area contributed by atoms with Gasteiger partial charge in [-0.1, -0.05) is 0 Å². The Bertz CT molecular complexity index is 553. The number of carbonyl (C=O) groups excluding carboxylic acids is 4. The second-order valence-electron chi connectivity index (χ2n) is 5.98. The lowest BCUT2D eigenvalue weighted by molar-refractivity contribution is -0.142. The normalized spacial score (nSPS) is 13.7. The van der Waals surface area contributed by atoms with E-state index in [4.69, 9.17) is 22.3 Å². The highest BCUT2D eigenvalue weighted by molar-refractivity contribution is 5.94. The quantitative estimate of drug-likeness (QED) is 0.156. The fraction of sp³-hybridized carbons (Fsp3) is 0.667. The number of amides is 4. The number of hydrogen-bond donors (Lipinski definition) is 7. The molecule has 0 aromatic rings. The van der Waals surface area contributed by atoms with Gasteiger partial charge >= 0.3 is 5.97 Å². The van der Waals surface area contributed by atoms with Crippen molar-refractivity contribution in [1.82, 2.24) is 16.0 Å². The SMILES string of the molecule is C[C@H](N)C(=O)N[C@@H](CC(N)=O)C(=O)NCC(=O)N[C@@H](CCCCN)C(=O)O. The summed E-state index contributed by atoms with van der Waals surface area (Å²) in [5.74, 6) is -4.28. The van der Waals surface area contributed by atoms with Crippen LogP contribution in [0.4, 0.5) is 0 Å². The first-order valence-electron chi connectivity index (χ1n) is 8.42. The predicted molar refractivity (Wildman–Crippen MR) is 94.9 cm³/mol. The summed E-state index contributed by atoms with van der Waals surface area (Å²) >= 11 is 0. The van der Waals surface area contributed by atoms with Gasteiger partial charge in [-0.15, -0.1) is 0 Å². The second-order valence-corrected chi connectivity index (χ2v) is 5.98. The predicted octanol–water partition coefficient (Wildman–Crippen LogP) is -3.49. The van der Waals surface area contributed by atoms with Gasteiger partial charge in [-0.05, 0) is 32.7 Å². The van der Waals surface area contributed by atoms with Crippen LogP contribution >= 0.6 is 0 Å². The molecule has 0 unspecified atom stereocenters. The van der Waals surface area contributed by atoms with Gasteiger partial charge < -0.3 is 38.3 Å². The van der Waals surface area contributed by atoms with Crippen molar-refractivity contribution in [2.45, 2.75) is 50.7 Å². The van der Waals surface area contributed by atoms with Crippen molar-refractivity contribution < 1.29 is 29.1 Å². The van der Waals surface area contributed by atoms with E-state index in [2.05, 4.69) is 16.0 Å². The molecule has 0 aromatic heterocycles. The zero-order chi connectivity index (χ0) is 21.0. The average Bonchev–Trinajstić information content (AvgIpc) is 2.57. The number of nitrogens with one attached hydrogen (secondary N) is 3. The molecule has 0 saturated heterocycles. The first-order valence-corrected chi connectivity index (χ1v) is 8.42. The Morgan fingerprint density at radius 1 is 1.00 bits per heavy atom. The maximum atomic E-state index is 12.1. The minimum Gasteiger partial charge on any atom is -0.480 e. The monoisotopic (exact) mass is 388 g/mol. The first kappa shape index (κ1) is 24.3. The van der Waals surface area contributed by atoms with E-state index in [1.165, 1.54) is 6.92 Å². The van der Waals surface area contributed by atoms with Crippen LogP contribution < -0.4 is 33.2 Å². The molecule has 12 heteroatoms. The molecule has 4 amide bonds. The average molecular weight is 388 g/mol. The van der Waals surface area contributed by atoms with E-state index in [1.807, 2.05) is 0 Å². The Morgan fingerprint density at radius 2 is 1.63 bits per heavy atom. The van der Waals surface area contributed by atoms with Crippen LogP contribution in [0.15, 0.2) is 0 Å². The van der Waals surface area contributed by atoms with Crippen LogP contribution in [0.2, 0.25) is 0 Å². The van der Waals surface area contributed by atoms with Crippen molar-refractivity contribution in [3.8, 4) is 0 Å². The van der Waals surface area contributed by atoms with Crippen molar-refractivity contribution >= 4 is 29.6 Å². The van der Waals surface area contributed by atoms with Gasteiger partial charge in [0, 0.05) is 0 Å². The Kier molecular flexibility index (Phi) is 11.3. The van der Waals surface area contributed by atoms with Crippen molar-refractivity contribution in [3.05, 3.63) is 0 Å². The largest absolute Gasteiger partial charge is 0.480 e. The van der Waals surface area contributed by atoms with Gasteiger partial charge in [-0.2, -0.15) is 0 Å². The third-order valence-electron chi connectivity index (χ3n) is 3.46. The lowest BCUT2D eigenvalue weighted by Gasteiger charge is -2.19. The van der Waals surface area contributed by atoms with E-state index < -0.39 is 60.7 Å². The van der Waals surface area contributed by atoms with Gasteiger partial charge in [0.15, 0.2) is 0 Å². The van der Waals surface area contributed by atoms with Gasteiger partial charge in [0.1, 0.15) is 12.1 Å². The molecule has 0 rings (SSSR count). The van der Waals surface area contributed by atoms with E-state index in [9.17, 15) is 24.0 Å². The molecule has 0 heterocycles. The molecule has 0 bridgehead atoms. The first-order chi connectivity index (χ1) is 12.6. The molecule has 0 aromatic carbocycles. The summed E-state index contributed by atoms with van der Waals surface area (Å²) in [5.41, 5.74) is 15.8. The molecule has 27 heavy (non-hydrogen) atoms. The summed E-state index contributed by atoms with van der Waals surface area (Å²) in [6.07, 6.45) is 0.845. The summed E-state index contributed by atoms with van der Waals surface area (Å²) in [6.45, 7) is 1.26. The van der Waals surface area contributed by atoms with E-state index in [0.717, 1.165) is 0 Å². The lowest BCUT2D eigenvalue weighted by Crippen LogP contribution is -2.54. The van der Waals surface area contributed by atoms with Crippen molar-refractivity contribution in [2.24, 2.45) is 17.2 Å². The molecule has 10 N–H and O–H groups in total. The highest BCUT2D eigenvalue weighted by atomic mass is 16.4. The number of hydrogen-bond acceptors (Lipinski definition) is 7. The third kappa shape index (κ3) is 10.8. The molecule has 0 aliphatic rings. The second kappa shape index (κ2) is 12.6. The number of nitrogens with two attached hydrogens (primary N) is 3. The Hall–Kier alpha value is -2.73. The standard InChI is InChI=1S/C15H28N6O6/c1-8(17)13(24)21-10(6-11(18)22)14(25)19-7-12(23)20-9(15(26)27)4-2-3-5-16/h8-10H,2-7,16-17H2,1H3,(H2,18,22)(H,19,25)(H,20,23)(H,21,24)(H,26,27)/t8-,9-,10-/m0/s1. The van der Waals surface area contributed by atoms with E-state index in [1.54, 1.807) is 0 Å². The highest BCUT2D eigenvalue weighted by Crippen LogP contribution is 2.00. The summed E-state index contributed by atoms with van der Waals surface area (Å²) in [7, 11) is 0. The third-order valence-corrected chi connectivity index (χ3v) is 3.46. The molecule has 0 saturated carbocycles. The van der Waals surface area contributed by atoms with E-state index >= 15 is 0 Å². The number of carboxylic acids is 1. The van der Waals surface area contributed by atoms with Crippen LogP contribution in [0.1, 0.15) is 32.6 Å². The van der Waals surface area contributed by atoms with Crippen molar-refractivity contribution in [3.63, 3.8) is 0 Å². The maximum Gasteiger partial charge on any atom is 0.326 e. The van der Waals surface area contributed by atoms with Crippen molar-refractivity contribution in [2.75, 3.05) is 13.1 Å². The molecule has 0 aliphatic heterocycles. The number of rotatable bonds is 13. The molecular formula is C15H28N6O6. The van der Waals surface area contributed by atoms with Gasteiger partial charge in [0.25, 0.3) is 0 Å². The molecular weight excluding hydrogens is 360 g/mol. The number of carboxylic acid groups (broad SMARTS) is 1. The zero-order valence-electron chi connectivity index (χ0n) is 15.2. The van der Waals surface area contributed by atoms with Crippen LogP contribution in [0.25, 0.3) is 0 Å². The van der Waals surface area contributed by atoms with E-state index in [0.29, 0.717) is 19.4 Å². The van der Waals surface area contributed by atoms with Crippen molar-refractivity contribution in [1.29, 1.82) is 0 Å². The highest BCUT2D eigenvalue weighted by Gasteiger charge is 2.25. The van der Waals surface area contributed by atoms with Crippen LogP contribution in [-0.4, -0.2) is 65.9 Å². The fourth-order valence-electron chi connectivity index (χ4n) is 2.00. The minimum atomic E-state index is -1.30. The van der Waals surface area contributed by atoms with Gasteiger partial charge in [-0.25, -0.2) is 4.79 Å². The van der Waals surface area contributed by atoms with Gasteiger partial charge in [0.05, 0.1) is 19.0 Å². The molecule has 0 fully saturated rings. The smallest absolute Gasteiger partial charge is 0.326 e. The van der Waals surface area contributed by atoms with Crippen LogP contribution in [0, 0.1) is 0 Å². The lowest BCUT2D eigenvalue weighted by atomic mass is 10.1. The summed E-state index contributed by atoms with van der Waals surface area (Å²) in [6, 6.07) is -3.32. The topological polar surface area (TPSA) is 220 Å². The summed E-state index contributed by atoms with van der Waals surface area (Å²) in [5, 5.41) is 15.8. The van der Waals surface area contributed by atoms with Crippen LogP contribution in [0.3, 0.4) is 0 Å². The van der Waals surface area contributed by atoms with Gasteiger partial charge in [0.2, 0.25) is 23.6 Å². The molecule has 154 valence electrons. The minimum absolute atomic E-state index is 0.195. The Labute approximate surface area is 156 Å². The van der Waals surface area contributed by atoms with E-state index in [-0.39, 0.29) is 6.42 Å². The number of carbonyl (C=O) groups is 5. The maximum absolute atomic E-state index is 12.1. The Balaban J connectivity index is 4.66. The summed E-state index contributed by atoms with van der Waals surface area (Å²) < 4.78 is 0. The number of primary amides is 1. The molecule has 0 spiro atoms. The van der Waals surface area contributed by atoms with Gasteiger partial charge in [-0.3, -0.25) is 19.2 Å².